The number of carbonyl (C=O) groups is 1. The lowest BCUT2D eigenvalue weighted by atomic mass is 10.2. The molecule has 14 heavy (non-hydrogen) atoms. The van der Waals surface area contributed by atoms with Gasteiger partial charge in [-0.05, 0) is 22.0 Å². The zero-order valence-electron chi connectivity index (χ0n) is 6.67. The van der Waals surface area contributed by atoms with Crippen LogP contribution < -0.4 is 5.73 Å². The molecule has 1 aromatic rings. The molecule has 0 radical (unpaired) electrons. The van der Waals surface area contributed by atoms with Crippen LogP contribution in [-0.2, 0) is 0 Å². The molecule has 1 amide bonds. The van der Waals surface area contributed by atoms with Crippen LogP contribution in [0.5, 0.6) is 5.75 Å². The van der Waals surface area contributed by atoms with E-state index in [1.54, 1.807) is 0 Å². The second kappa shape index (κ2) is 3.87. The Morgan fingerprint density at radius 2 is 2.21 bits per heavy atom. The number of primary amides is 1. The van der Waals surface area contributed by atoms with E-state index in [2.05, 4.69) is 20.9 Å². The Bertz CT molecular complexity index is 384. The van der Waals surface area contributed by atoms with Crippen LogP contribution in [0.2, 0.25) is 0 Å². The van der Waals surface area contributed by atoms with Gasteiger partial charge >= 0.3 is 0 Å². The number of carbonyl (C=O) groups excluding carboxylic acids is 1. The molecule has 0 aliphatic rings. The summed E-state index contributed by atoms with van der Waals surface area (Å²) in [6, 6.07) is 0.923. The normalized spacial score (nSPS) is 10.6. The minimum absolute atomic E-state index is 0.0133. The summed E-state index contributed by atoms with van der Waals surface area (Å²) in [4.78, 5) is 14.2. The molecule has 1 rings (SSSR count). The van der Waals surface area contributed by atoms with Gasteiger partial charge in [0.15, 0.2) is 11.4 Å². The van der Waals surface area contributed by atoms with Gasteiger partial charge in [0.2, 0.25) is 0 Å². The first-order chi connectivity index (χ1) is 6.43. The van der Waals surface area contributed by atoms with Crippen molar-refractivity contribution in [2.75, 3.05) is 0 Å². The van der Waals surface area contributed by atoms with Crippen molar-refractivity contribution < 1.29 is 18.7 Å². The molecule has 0 unspecified atom stereocenters. The number of amides is 1. The maximum Gasteiger partial charge on any atom is 0.271 e. The average molecular weight is 267 g/mol. The van der Waals surface area contributed by atoms with Crippen molar-refractivity contribution in [1.82, 2.24) is 4.98 Å². The number of rotatable bonds is 2. The predicted molar refractivity (Wildman–Crippen MR) is 47.1 cm³/mol. The number of aromatic nitrogens is 1. The predicted octanol–water partition coefficient (Wildman–Crippen LogP) is 1.59. The Balaban J connectivity index is 3.40. The summed E-state index contributed by atoms with van der Waals surface area (Å²) in [6.07, 6.45) is -2.90. The van der Waals surface area contributed by atoms with E-state index in [0.717, 1.165) is 6.07 Å². The van der Waals surface area contributed by atoms with Gasteiger partial charge in [-0.25, -0.2) is 13.8 Å². The topological polar surface area (TPSA) is 76.2 Å². The van der Waals surface area contributed by atoms with E-state index in [9.17, 15) is 18.7 Å². The summed E-state index contributed by atoms with van der Waals surface area (Å²) in [6.45, 7) is 0. The van der Waals surface area contributed by atoms with E-state index >= 15 is 0 Å². The van der Waals surface area contributed by atoms with Crippen LogP contribution in [0.4, 0.5) is 8.78 Å². The highest BCUT2D eigenvalue weighted by atomic mass is 79.9. The van der Waals surface area contributed by atoms with Gasteiger partial charge in [-0.2, -0.15) is 0 Å². The number of nitrogens with zero attached hydrogens (tertiary/aromatic N) is 1. The monoisotopic (exact) mass is 266 g/mol. The minimum atomic E-state index is -2.90. The molecule has 7 heteroatoms. The maximum atomic E-state index is 12.3. The molecule has 1 heterocycles. The summed E-state index contributed by atoms with van der Waals surface area (Å²) in [5.74, 6) is -1.94. The number of aromatic hydroxyl groups is 1. The van der Waals surface area contributed by atoms with Crippen molar-refractivity contribution in [3.05, 3.63) is 21.9 Å². The Hall–Kier alpha value is -1.24. The Morgan fingerprint density at radius 3 is 2.64 bits per heavy atom. The molecule has 0 bridgehead atoms. The van der Waals surface area contributed by atoms with Crippen molar-refractivity contribution in [2.24, 2.45) is 5.73 Å². The Morgan fingerprint density at radius 1 is 1.64 bits per heavy atom. The number of halogens is 3. The summed E-state index contributed by atoms with van der Waals surface area (Å²) in [5, 5.41) is 9.19. The number of nitrogens with two attached hydrogens (primary N) is 1. The number of pyridine rings is 1. The average Bonchev–Trinajstić information content (AvgIpc) is 2.07. The van der Waals surface area contributed by atoms with E-state index in [1.807, 2.05) is 0 Å². The van der Waals surface area contributed by atoms with Crippen LogP contribution in [0.3, 0.4) is 0 Å². The van der Waals surface area contributed by atoms with Gasteiger partial charge in [-0.3, -0.25) is 4.79 Å². The quantitative estimate of drug-likeness (QED) is 0.799. The standard InChI is InChI=1S/C7H5BrF2N2O2/c8-3-1-2(6(9)10)5(13)4(12-3)7(11)14/h1,6,13H,(H2,11,14). The first-order valence-electron chi connectivity index (χ1n) is 3.41. The summed E-state index contributed by atoms with van der Waals surface area (Å²) in [7, 11) is 0. The van der Waals surface area contributed by atoms with Gasteiger partial charge < -0.3 is 10.8 Å². The summed E-state index contributed by atoms with van der Waals surface area (Å²) >= 11 is 2.82. The summed E-state index contributed by atoms with van der Waals surface area (Å²) < 4.78 is 24.6. The SMILES string of the molecule is NC(=O)c1nc(Br)cc(C(F)F)c1O. The molecule has 0 saturated heterocycles. The summed E-state index contributed by atoms with van der Waals surface area (Å²) in [5.41, 5.74) is 3.57. The van der Waals surface area contributed by atoms with Crippen molar-refractivity contribution in [2.45, 2.75) is 6.43 Å². The van der Waals surface area contributed by atoms with Crippen molar-refractivity contribution in [3.63, 3.8) is 0 Å². The second-order valence-corrected chi connectivity index (χ2v) is 3.21. The van der Waals surface area contributed by atoms with Gasteiger partial charge in [-0.15, -0.1) is 0 Å². The fourth-order valence-corrected chi connectivity index (χ4v) is 1.29. The highest BCUT2D eigenvalue weighted by Crippen LogP contribution is 2.31. The van der Waals surface area contributed by atoms with E-state index in [1.165, 1.54) is 0 Å². The number of hydrogen-bond acceptors (Lipinski definition) is 3. The van der Waals surface area contributed by atoms with Gasteiger partial charge in [-0.1, -0.05) is 0 Å². The zero-order valence-corrected chi connectivity index (χ0v) is 8.25. The largest absolute Gasteiger partial charge is 0.505 e. The third kappa shape index (κ3) is 1.98. The third-order valence-corrected chi connectivity index (χ3v) is 1.87. The Labute approximate surface area is 85.9 Å². The van der Waals surface area contributed by atoms with Gasteiger partial charge in [0.25, 0.3) is 12.3 Å². The van der Waals surface area contributed by atoms with Crippen molar-refractivity contribution in [3.8, 4) is 5.75 Å². The fourth-order valence-electron chi connectivity index (χ4n) is 0.864. The molecule has 0 fully saturated rings. The lowest BCUT2D eigenvalue weighted by Crippen LogP contribution is -2.14. The van der Waals surface area contributed by atoms with Crippen LogP contribution in [0.1, 0.15) is 22.5 Å². The maximum absolute atomic E-state index is 12.3. The highest BCUT2D eigenvalue weighted by Gasteiger charge is 2.20. The molecular weight excluding hydrogens is 262 g/mol. The van der Waals surface area contributed by atoms with E-state index in [-0.39, 0.29) is 4.60 Å². The molecule has 0 atom stereocenters. The van der Waals surface area contributed by atoms with Gasteiger partial charge in [0.05, 0.1) is 5.56 Å². The molecule has 0 spiro atoms. The smallest absolute Gasteiger partial charge is 0.271 e. The third-order valence-electron chi connectivity index (χ3n) is 1.46. The van der Waals surface area contributed by atoms with E-state index in [0.29, 0.717) is 0 Å². The molecule has 1 aromatic heterocycles. The van der Waals surface area contributed by atoms with Crippen molar-refractivity contribution in [1.29, 1.82) is 0 Å². The number of hydrogen-bond donors (Lipinski definition) is 2. The van der Waals surface area contributed by atoms with Crippen LogP contribution in [0.25, 0.3) is 0 Å². The lowest BCUT2D eigenvalue weighted by molar-refractivity contribution is 0.0991. The highest BCUT2D eigenvalue weighted by molar-refractivity contribution is 9.10. The molecule has 0 aromatic carbocycles. The molecule has 4 nitrogen and oxygen atoms in total. The molecule has 0 aliphatic carbocycles. The lowest BCUT2D eigenvalue weighted by Gasteiger charge is -2.06. The van der Waals surface area contributed by atoms with E-state index < -0.39 is 29.3 Å². The van der Waals surface area contributed by atoms with Crippen LogP contribution in [-0.4, -0.2) is 16.0 Å². The minimum Gasteiger partial charge on any atom is -0.505 e. The second-order valence-electron chi connectivity index (χ2n) is 2.40. The Kier molecular flexibility index (Phi) is 3.00. The fraction of sp³-hybridized carbons (Fsp3) is 0.143. The van der Waals surface area contributed by atoms with Crippen LogP contribution >= 0.6 is 15.9 Å². The van der Waals surface area contributed by atoms with Gasteiger partial charge in [0.1, 0.15) is 4.60 Å². The van der Waals surface area contributed by atoms with Gasteiger partial charge in [0, 0.05) is 0 Å². The van der Waals surface area contributed by atoms with Crippen molar-refractivity contribution >= 4 is 21.8 Å². The van der Waals surface area contributed by atoms with E-state index in [4.69, 9.17) is 5.73 Å². The number of alkyl halides is 2. The molecule has 76 valence electrons. The van der Waals surface area contributed by atoms with Crippen LogP contribution in [0.15, 0.2) is 10.7 Å². The molecule has 3 N–H and O–H groups in total. The molecule has 0 saturated carbocycles. The molecular formula is C7H5BrF2N2O2. The first-order valence-corrected chi connectivity index (χ1v) is 4.20. The zero-order chi connectivity index (χ0) is 10.9. The first kappa shape index (κ1) is 10.8. The van der Waals surface area contributed by atoms with Crippen LogP contribution in [0, 0.1) is 0 Å². The molecule has 0 aliphatic heterocycles.